The molecule has 6 heteroatoms. The summed E-state index contributed by atoms with van der Waals surface area (Å²) in [6.07, 6.45) is 0.883. The quantitative estimate of drug-likeness (QED) is 0.815. The van der Waals surface area contributed by atoms with Crippen LogP contribution in [0.3, 0.4) is 0 Å². The number of benzene rings is 1. The minimum Gasteiger partial charge on any atom is -0.301 e. The molecule has 0 atom stereocenters. The number of rotatable bonds is 7. The molecule has 0 fully saturated rings. The SMILES string of the molecule is CCc1nc(NC(=O)CN(CC)Cc2cccc(Cl)c2)sc1C. The highest BCUT2D eigenvalue weighted by Gasteiger charge is 2.13. The maximum absolute atomic E-state index is 12.2. The van der Waals surface area contributed by atoms with E-state index >= 15 is 0 Å². The molecule has 0 bridgehead atoms. The predicted octanol–water partition coefficient (Wildman–Crippen LogP) is 4.13. The molecule has 2 rings (SSSR count). The Morgan fingerprint density at radius 2 is 2.17 bits per heavy atom. The Kier molecular flexibility index (Phi) is 6.57. The maximum atomic E-state index is 12.2. The number of carbonyl (C=O) groups is 1. The lowest BCUT2D eigenvalue weighted by Gasteiger charge is -2.19. The molecule has 1 amide bonds. The van der Waals surface area contributed by atoms with Gasteiger partial charge in [-0.05, 0) is 37.6 Å². The minimum atomic E-state index is -0.0368. The second-order valence-corrected chi connectivity index (χ2v) is 7.00. The van der Waals surface area contributed by atoms with Gasteiger partial charge >= 0.3 is 0 Å². The van der Waals surface area contributed by atoms with E-state index in [9.17, 15) is 4.79 Å². The van der Waals surface area contributed by atoms with E-state index in [1.165, 1.54) is 11.3 Å². The van der Waals surface area contributed by atoms with Crippen LogP contribution in [0.1, 0.15) is 30.0 Å². The highest BCUT2D eigenvalue weighted by Crippen LogP contribution is 2.22. The lowest BCUT2D eigenvalue weighted by atomic mass is 10.2. The van der Waals surface area contributed by atoms with E-state index in [2.05, 4.69) is 22.1 Å². The minimum absolute atomic E-state index is 0.0368. The Labute approximate surface area is 146 Å². The second kappa shape index (κ2) is 8.43. The van der Waals surface area contributed by atoms with Crippen molar-refractivity contribution in [1.82, 2.24) is 9.88 Å². The van der Waals surface area contributed by atoms with Gasteiger partial charge in [-0.2, -0.15) is 0 Å². The summed E-state index contributed by atoms with van der Waals surface area (Å²) < 4.78 is 0. The summed E-state index contributed by atoms with van der Waals surface area (Å²) in [6.45, 7) is 7.96. The third kappa shape index (κ3) is 5.30. The Hall–Kier alpha value is -1.43. The number of anilines is 1. The van der Waals surface area contributed by atoms with Crippen molar-refractivity contribution in [3.63, 3.8) is 0 Å². The Balaban J connectivity index is 1.93. The second-order valence-electron chi connectivity index (χ2n) is 5.36. The summed E-state index contributed by atoms with van der Waals surface area (Å²) >= 11 is 7.54. The number of likely N-dealkylation sites (N-methyl/N-ethyl adjacent to an activating group) is 1. The zero-order valence-corrected chi connectivity index (χ0v) is 15.3. The number of carbonyl (C=O) groups excluding carboxylic acids is 1. The highest BCUT2D eigenvalue weighted by molar-refractivity contribution is 7.15. The standard InChI is InChI=1S/C17H22ClN3OS/c1-4-15-12(3)23-17(19-15)20-16(22)11-21(5-2)10-13-7-6-8-14(18)9-13/h6-9H,4-5,10-11H2,1-3H3,(H,19,20,22). The Bertz CT molecular complexity index is 672. The van der Waals surface area contributed by atoms with Gasteiger partial charge in [-0.15, -0.1) is 11.3 Å². The number of thiazole rings is 1. The molecular weight excluding hydrogens is 330 g/mol. The van der Waals surface area contributed by atoms with Gasteiger partial charge in [-0.3, -0.25) is 9.69 Å². The van der Waals surface area contributed by atoms with Crippen molar-refractivity contribution in [2.45, 2.75) is 33.7 Å². The van der Waals surface area contributed by atoms with Gasteiger partial charge < -0.3 is 5.32 Å². The third-order valence-electron chi connectivity index (χ3n) is 3.58. The molecule has 4 nitrogen and oxygen atoms in total. The summed E-state index contributed by atoms with van der Waals surface area (Å²) in [5.41, 5.74) is 2.15. The molecule has 1 aromatic heterocycles. The largest absolute Gasteiger partial charge is 0.301 e. The maximum Gasteiger partial charge on any atom is 0.240 e. The first kappa shape index (κ1) is 17.9. The first-order valence-corrected chi connectivity index (χ1v) is 8.94. The van der Waals surface area contributed by atoms with Crippen LogP contribution in [-0.4, -0.2) is 28.9 Å². The van der Waals surface area contributed by atoms with Crippen LogP contribution >= 0.6 is 22.9 Å². The highest BCUT2D eigenvalue weighted by atomic mass is 35.5. The number of nitrogens with one attached hydrogen (secondary N) is 1. The molecule has 0 unspecified atom stereocenters. The molecule has 0 aliphatic heterocycles. The lowest BCUT2D eigenvalue weighted by Crippen LogP contribution is -2.32. The molecule has 0 saturated carbocycles. The summed E-state index contributed by atoms with van der Waals surface area (Å²) in [5.74, 6) is -0.0368. The molecule has 0 aliphatic rings. The number of hydrogen-bond acceptors (Lipinski definition) is 4. The van der Waals surface area contributed by atoms with Crippen LogP contribution in [0, 0.1) is 6.92 Å². The number of aromatic nitrogens is 1. The fraction of sp³-hybridized carbons (Fsp3) is 0.412. The van der Waals surface area contributed by atoms with Crippen molar-refractivity contribution in [1.29, 1.82) is 0 Å². The summed E-state index contributed by atoms with van der Waals surface area (Å²) in [6, 6.07) is 7.73. The number of aryl methyl sites for hydroxylation is 2. The average molecular weight is 352 g/mol. The van der Waals surface area contributed by atoms with Crippen LogP contribution < -0.4 is 5.32 Å². The molecule has 2 aromatic rings. The summed E-state index contributed by atoms with van der Waals surface area (Å²) in [4.78, 5) is 19.9. The van der Waals surface area contributed by atoms with Crippen LogP contribution in [-0.2, 0) is 17.8 Å². The van der Waals surface area contributed by atoms with Crippen molar-refractivity contribution in [2.24, 2.45) is 0 Å². The molecule has 0 spiro atoms. The van der Waals surface area contributed by atoms with Gasteiger partial charge in [0.25, 0.3) is 0 Å². The zero-order valence-electron chi connectivity index (χ0n) is 13.7. The molecular formula is C17H22ClN3OS. The van der Waals surface area contributed by atoms with Crippen molar-refractivity contribution in [3.05, 3.63) is 45.4 Å². The van der Waals surface area contributed by atoms with Gasteiger partial charge in [0.05, 0.1) is 12.2 Å². The van der Waals surface area contributed by atoms with Gasteiger partial charge in [0.15, 0.2) is 5.13 Å². The molecule has 0 radical (unpaired) electrons. The number of hydrogen-bond donors (Lipinski definition) is 1. The first-order chi connectivity index (χ1) is 11.0. The van der Waals surface area contributed by atoms with Gasteiger partial charge in [0, 0.05) is 16.4 Å². The van der Waals surface area contributed by atoms with E-state index in [1.807, 2.05) is 38.1 Å². The van der Waals surface area contributed by atoms with Gasteiger partial charge in [-0.25, -0.2) is 4.98 Å². The van der Waals surface area contributed by atoms with Gasteiger partial charge in [0.1, 0.15) is 0 Å². The third-order valence-corrected chi connectivity index (χ3v) is 4.75. The van der Waals surface area contributed by atoms with Crippen LogP contribution in [0.2, 0.25) is 5.02 Å². The number of halogens is 1. The lowest BCUT2D eigenvalue weighted by molar-refractivity contribution is -0.117. The van der Waals surface area contributed by atoms with Crippen molar-refractivity contribution < 1.29 is 4.79 Å². The molecule has 23 heavy (non-hydrogen) atoms. The smallest absolute Gasteiger partial charge is 0.240 e. The molecule has 0 aliphatic carbocycles. The van der Waals surface area contributed by atoms with E-state index < -0.39 is 0 Å². The molecule has 1 N–H and O–H groups in total. The first-order valence-electron chi connectivity index (χ1n) is 7.74. The summed E-state index contributed by atoms with van der Waals surface area (Å²) in [7, 11) is 0. The Morgan fingerprint density at radius 1 is 1.39 bits per heavy atom. The fourth-order valence-electron chi connectivity index (χ4n) is 2.34. The van der Waals surface area contributed by atoms with Crippen molar-refractivity contribution in [3.8, 4) is 0 Å². The van der Waals surface area contributed by atoms with Crippen LogP contribution in [0.4, 0.5) is 5.13 Å². The van der Waals surface area contributed by atoms with Crippen molar-refractivity contribution in [2.75, 3.05) is 18.4 Å². The van der Waals surface area contributed by atoms with Crippen LogP contribution in [0.25, 0.3) is 0 Å². The van der Waals surface area contributed by atoms with Crippen molar-refractivity contribution >= 4 is 34.0 Å². The Morgan fingerprint density at radius 3 is 2.78 bits per heavy atom. The number of nitrogens with zero attached hydrogens (tertiary/aromatic N) is 2. The molecule has 0 saturated heterocycles. The van der Waals surface area contributed by atoms with E-state index in [0.717, 1.165) is 29.1 Å². The van der Waals surface area contributed by atoms with E-state index in [0.29, 0.717) is 23.2 Å². The fourth-order valence-corrected chi connectivity index (χ4v) is 3.48. The van der Waals surface area contributed by atoms with Gasteiger partial charge in [-0.1, -0.05) is 37.6 Å². The average Bonchev–Trinajstić information content (AvgIpc) is 2.86. The van der Waals surface area contributed by atoms with Crippen LogP contribution in [0.5, 0.6) is 0 Å². The molecule has 124 valence electrons. The number of amides is 1. The monoisotopic (exact) mass is 351 g/mol. The van der Waals surface area contributed by atoms with E-state index in [1.54, 1.807) is 0 Å². The van der Waals surface area contributed by atoms with E-state index in [4.69, 9.17) is 11.6 Å². The zero-order chi connectivity index (χ0) is 16.8. The predicted molar refractivity (Wildman–Crippen MR) is 97.3 cm³/mol. The summed E-state index contributed by atoms with van der Waals surface area (Å²) in [5, 5.41) is 4.30. The molecule has 1 aromatic carbocycles. The topological polar surface area (TPSA) is 45.2 Å². The van der Waals surface area contributed by atoms with Crippen LogP contribution in [0.15, 0.2) is 24.3 Å². The van der Waals surface area contributed by atoms with E-state index in [-0.39, 0.29) is 5.91 Å². The molecule has 1 heterocycles. The van der Waals surface area contributed by atoms with Gasteiger partial charge in [0.2, 0.25) is 5.91 Å². The normalized spacial score (nSPS) is 11.0.